The quantitative estimate of drug-likeness (QED) is 0.340. The normalized spacial score (nSPS) is 17.6. The summed E-state index contributed by atoms with van der Waals surface area (Å²) in [5, 5.41) is 8.29. The molecular formula is C30H29N5O2. The predicted octanol–water partition coefficient (Wildman–Crippen LogP) is 5.51. The second-order valence-electron chi connectivity index (χ2n) is 10.3. The molecule has 0 radical (unpaired) electrons. The molecule has 0 unspecified atom stereocenters. The second-order valence-corrected chi connectivity index (χ2v) is 10.3. The summed E-state index contributed by atoms with van der Waals surface area (Å²) >= 11 is 0. The molecule has 1 saturated carbocycles. The predicted molar refractivity (Wildman–Crippen MR) is 144 cm³/mol. The Hall–Kier alpha value is -4.13. The number of ether oxygens (including phenoxy) is 1. The van der Waals surface area contributed by atoms with E-state index in [0.717, 1.165) is 89.1 Å². The van der Waals surface area contributed by atoms with Crippen LogP contribution in [-0.2, 0) is 11.3 Å². The largest absolute Gasteiger partial charge is 0.494 e. The number of hydrogen-bond donors (Lipinski definition) is 1. The molecule has 1 aliphatic carbocycles. The standard InChI is InChI=1S/C30H29N5O2/c1-37-27-4-2-3-26-28(27)32-29(35(26)18-19-13-14-34(17-19)30(36)22-9-10-22)21-7-5-20(6-8-21)23-11-12-24-16-31-33-25(24)15-23/h2-8,11-12,15-16,19,22H,9-10,13-14,17-18H2,1H3,(H,31,33)/t19-/m0/s1. The van der Waals surface area contributed by atoms with E-state index in [1.165, 1.54) is 0 Å². The summed E-state index contributed by atoms with van der Waals surface area (Å²) in [6.45, 7) is 2.51. The molecule has 7 heteroatoms. The Morgan fingerprint density at radius 2 is 1.84 bits per heavy atom. The Kier molecular flexibility index (Phi) is 5.23. The van der Waals surface area contributed by atoms with E-state index in [2.05, 4.69) is 68.2 Å². The second kappa shape index (κ2) is 8.76. The number of carbonyl (C=O) groups is 1. The van der Waals surface area contributed by atoms with Crippen molar-refractivity contribution in [1.29, 1.82) is 0 Å². The summed E-state index contributed by atoms with van der Waals surface area (Å²) in [5.41, 5.74) is 6.32. The molecule has 2 aromatic heterocycles. The number of benzene rings is 3. The Morgan fingerprint density at radius 1 is 1.03 bits per heavy atom. The van der Waals surface area contributed by atoms with Crippen LogP contribution in [0.2, 0.25) is 0 Å². The number of nitrogens with zero attached hydrogens (tertiary/aromatic N) is 4. The zero-order valence-electron chi connectivity index (χ0n) is 20.9. The lowest BCUT2D eigenvalue weighted by Crippen LogP contribution is -2.30. The first kappa shape index (κ1) is 22.1. The minimum absolute atomic E-state index is 0.278. The molecule has 2 aliphatic rings. The van der Waals surface area contributed by atoms with Crippen LogP contribution in [0.4, 0.5) is 0 Å². The fourth-order valence-corrected chi connectivity index (χ4v) is 5.65. The van der Waals surface area contributed by atoms with E-state index in [1.54, 1.807) is 7.11 Å². The van der Waals surface area contributed by atoms with Gasteiger partial charge in [-0.05, 0) is 54.5 Å². The maximum Gasteiger partial charge on any atom is 0.225 e. The van der Waals surface area contributed by atoms with E-state index in [4.69, 9.17) is 9.72 Å². The number of carbonyl (C=O) groups excluding carboxylic acids is 1. The molecule has 0 bridgehead atoms. The fraction of sp³-hybridized carbons (Fsp3) is 0.300. The van der Waals surface area contributed by atoms with Crippen molar-refractivity contribution in [3.8, 4) is 28.3 Å². The van der Waals surface area contributed by atoms with E-state index < -0.39 is 0 Å². The van der Waals surface area contributed by atoms with Crippen molar-refractivity contribution in [1.82, 2.24) is 24.6 Å². The summed E-state index contributed by atoms with van der Waals surface area (Å²) in [6.07, 6.45) is 4.98. The molecule has 186 valence electrons. The van der Waals surface area contributed by atoms with Crippen molar-refractivity contribution >= 4 is 27.8 Å². The molecule has 3 heterocycles. The van der Waals surface area contributed by atoms with Gasteiger partial charge in [0, 0.05) is 36.5 Å². The molecule has 3 aromatic carbocycles. The summed E-state index contributed by atoms with van der Waals surface area (Å²) in [5.74, 6) is 2.75. The van der Waals surface area contributed by atoms with Crippen LogP contribution in [0.25, 0.3) is 44.5 Å². The highest BCUT2D eigenvalue weighted by Gasteiger charge is 2.36. The van der Waals surface area contributed by atoms with E-state index in [9.17, 15) is 4.79 Å². The minimum atomic E-state index is 0.278. The van der Waals surface area contributed by atoms with Gasteiger partial charge in [0.25, 0.3) is 0 Å². The first-order valence-corrected chi connectivity index (χ1v) is 13.0. The van der Waals surface area contributed by atoms with Gasteiger partial charge in [-0.3, -0.25) is 9.89 Å². The SMILES string of the molecule is COc1cccc2c1nc(-c1ccc(-c3ccc4cn[nH]c4c3)cc1)n2C[C@H]1CCN(C(=O)C2CC2)C1. The molecule has 1 saturated heterocycles. The van der Waals surface area contributed by atoms with Crippen LogP contribution in [0.1, 0.15) is 19.3 Å². The van der Waals surface area contributed by atoms with Gasteiger partial charge in [0.15, 0.2) is 0 Å². The van der Waals surface area contributed by atoms with Gasteiger partial charge >= 0.3 is 0 Å². The molecule has 37 heavy (non-hydrogen) atoms. The molecule has 0 spiro atoms. The maximum absolute atomic E-state index is 12.6. The number of H-pyrrole nitrogens is 1. The smallest absolute Gasteiger partial charge is 0.225 e. The van der Waals surface area contributed by atoms with Crippen LogP contribution >= 0.6 is 0 Å². The van der Waals surface area contributed by atoms with Crippen LogP contribution in [0.3, 0.4) is 0 Å². The third-order valence-corrected chi connectivity index (χ3v) is 7.85. The van der Waals surface area contributed by atoms with E-state index in [1.807, 2.05) is 18.3 Å². The highest BCUT2D eigenvalue weighted by atomic mass is 16.5. The van der Waals surface area contributed by atoms with Gasteiger partial charge in [-0.1, -0.05) is 42.5 Å². The van der Waals surface area contributed by atoms with Crippen molar-refractivity contribution in [2.75, 3.05) is 20.2 Å². The molecule has 7 nitrogen and oxygen atoms in total. The zero-order chi connectivity index (χ0) is 24.9. The number of hydrogen-bond acceptors (Lipinski definition) is 4. The maximum atomic E-state index is 12.6. The molecule has 1 aliphatic heterocycles. The van der Waals surface area contributed by atoms with Gasteiger partial charge in [0.1, 0.15) is 17.1 Å². The van der Waals surface area contributed by atoms with Crippen LogP contribution in [-0.4, -0.2) is 50.8 Å². The minimum Gasteiger partial charge on any atom is -0.494 e. The lowest BCUT2D eigenvalue weighted by atomic mass is 10.0. The molecular weight excluding hydrogens is 462 g/mol. The molecule has 1 amide bonds. The topological polar surface area (TPSA) is 76.0 Å². The lowest BCUT2D eigenvalue weighted by molar-refractivity contribution is -0.131. The van der Waals surface area contributed by atoms with Crippen molar-refractivity contribution < 1.29 is 9.53 Å². The average Bonchev–Trinajstić information content (AvgIpc) is 3.32. The Bertz CT molecular complexity index is 1610. The third-order valence-electron chi connectivity index (χ3n) is 7.85. The van der Waals surface area contributed by atoms with Crippen LogP contribution < -0.4 is 4.74 Å². The molecule has 1 N–H and O–H groups in total. The van der Waals surface area contributed by atoms with Crippen molar-refractivity contribution in [3.63, 3.8) is 0 Å². The van der Waals surface area contributed by atoms with Crippen molar-refractivity contribution in [3.05, 3.63) is 66.9 Å². The fourth-order valence-electron chi connectivity index (χ4n) is 5.65. The lowest BCUT2D eigenvalue weighted by Gasteiger charge is -2.18. The van der Waals surface area contributed by atoms with Gasteiger partial charge in [-0.25, -0.2) is 4.98 Å². The third kappa shape index (κ3) is 3.95. The van der Waals surface area contributed by atoms with E-state index in [0.29, 0.717) is 11.8 Å². The average molecular weight is 492 g/mol. The number of fused-ring (bicyclic) bond motifs is 2. The molecule has 5 aromatic rings. The zero-order valence-corrected chi connectivity index (χ0v) is 20.9. The first-order valence-electron chi connectivity index (χ1n) is 13.0. The molecule has 7 rings (SSSR count). The number of amides is 1. The van der Waals surface area contributed by atoms with Crippen LogP contribution in [0.5, 0.6) is 5.75 Å². The first-order chi connectivity index (χ1) is 18.2. The number of nitrogens with one attached hydrogen (secondary N) is 1. The highest BCUT2D eigenvalue weighted by Crippen LogP contribution is 2.36. The van der Waals surface area contributed by atoms with Crippen LogP contribution in [0, 0.1) is 11.8 Å². The summed E-state index contributed by atoms with van der Waals surface area (Å²) in [7, 11) is 1.69. The number of aromatic amines is 1. The summed E-state index contributed by atoms with van der Waals surface area (Å²) < 4.78 is 7.97. The number of methoxy groups -OCH3 is 1. The van der Waals surface area contributed by atoms with Crippen molar-refractivity contribution in [2.45, 2.75) is 25.8 Å². The Labute approximate surface area is 215 Å². The molecule has 1 atom stereocenters. The van der Waals surface area contributed by atoms with Gasteiger partial charge in [-0.15, -0.1) is 0 Å². The van der Waals surface area contributed by atoms with E-state index >= 15 is 0 Å². The van der Waals surface area contributed by atoms with Gasteiger partial charge in [-0.2, -0.15) is 5.10 Å². The van der Waals surface area contributed by atoms with Gasteiger partial charge in [0.05, 0.1) is 24.3 Å². The van der Waals surface area contributed by atoms with Gasteiger partial charge < -0.3 is 14.2 Å². The number of aromatic nitrogens is 4. The van der Waals surface area contributed by atoms with Crippen LogP contribution in [0.15, 0.2) is 66.9 Å². The number of rotatable bonds is 6. The summed E-state index contributed by atoms with van der Waals surface area (Å²) in [4.78, 5) is 19.8. The Balaban J connectivity index is 1.23. The summed E-state index contributed by atoms with van der Waals surface area (Å²) in [6, 6.07) is 21.0. The highest BCUT2D eigenvalue weighted by molar-refractivity contribution is 5.87. The molecule has 2 fully saturated rings. The number of imidazole rings is 1. The van der Waals surface area contributed by atoms with Crippen molar-refractivity contribution in [2.24, 2.45) is 11.8 Å². The monoisotopic (exact) mass is 491 g/mol. The van der Waals surface area contributed by atoms with Gasteiger partial charge in [0.2, 0.25) is 5.91 Å². The van der Waals surface area contributed by atoms with E-state index in [-0.39, 0.29) is 5.92 Å². The number of para-hydroxylation sites is 1. The Morgan fingerprint density at radius 3 is 2.65 bits per heavy atom. The number of likely N-dealkylation sites (tertiary alicyclic amines) is 1.